The molecule has 0 saturated heterocycles. The number of rotatable bonds is 4. The predicted octanol–water partition coefficient (Wildman–Crippen LogP) is 4.44. The Bertz CT molecular complexity index is 1210. The average Bonchev–Trinajstić information content (AvgIpc) is 3.10. The topological polar surface area (TPSA) is 73.8 Å². The standard InChI is InChI=1S/C24H22N4O/c25-23-22-21(19-11-4-5-12-28(19)24(22)27-15-26-23)18-10-6-7-16(13-18)14-20(29)17-8-2-1-3-9-17/h1-3,6-10,13,15H,4-5,11-12,14H2,(H2,25,26,27). The van der Waals surface area contributed by atoms with E-state index in [2.05, 4.69) is 26.7 Å². The van der Waals surface area contributed by atoms with Crippen molar-refractivity contribution in [1.82, 2.24) is 14.5 Å². The highest BCUT2D eigenvalue weighted by Crippen LogP contribution is 2.39. The van der Waals surface area contributed by atoms with Gasteiger partial charge < -0.3 is 10.3 Å². The minimum atomic E-state index is 0.120. The Labute approximate surface area is 169 Å². The second-order valence-corrected chi connectivity index (χ2v) is 7.55. The number of nitrogens with zero attached hydrogens (tertiary/aromatic N) is 3. The third kappa shape index (κ3) is 3.09. The first kappa shape index (κ1) is 17.6. The lowest BCUT2D eigenvalue weighted by atomic mass is 9.95. The molecule has 4 aromatic rings. The normalized spacial score (nSPS) is 13.4. The molecule has 0 aliphatic carbocycles. The zero-order chi connectivity index (χ0) is 19.8. The van der Waals surface area contributed by atoms with Crippen molar-refractivity contribution in [2.75, 3.05) is 5.73 Å². The molecule has 2 aromatic heterocycles. The molecule has 0 bridgehead atoms. The van der Waals surface area contributed by atoms with Gasteiger partial charge in [0.25, 0.3) is 0 Å². The van der Waals surface area contributed by atoms with E-state index in [0.717, 1.165) is 59.1 Å². The number of anilines is 1. The molecule has 0 spiro atoms. The van der Waals surface area contributed by atoms with Crippen molar-refractivity contribution in [3.05, 3.63) is 77.7 Å². The number of carbonyl (C=O) groups is 1. The van der Waals surface area contributed by atoms with Crippen molar-refractivity contribution < 1.29 is 4.79 Å². The zero-order valence-electron chi connectivity index (χ0n) is 16.1. The van der Waals surface area contributed by atoms with Crippen LogP contribution in [0, 0.1) is 0 Å². The second kappa shape index (κ2) is 7.17. The summed E-state index contributed by atoms with van der Waals surface area (Å²) in [7, 11) is 0. The predicted molar refractivity (Wildman–Crippen MR) is 115 cm³/mol. The van der Waals surface area contributed by atoms with E-state index < -0.39 is 0 Å². The van der Waals surface area contributed by atoms with Crippen LogP contribution in [-0.4, -0.2) is 20.3 Å². The van der Waals surface area contributed by atoms with Crippen LogP contribution in [0.5, 0.6) is 0 Å². The van der Waals surface area contributed by atoms with Crippen LogP contribution in [-0.2, 0) is 19.4 Å². The van der Waals surface area contributed by atoms with Crippen molar-refractivity contribution in [1.29, 1.82) is 0 Å². The number of nitrogen functional groups attached to an aromatic ring is 1. The van der Waals surface area contributed by atoms with Gasteiger partial charge in [-0.1, -0.05) is 54.6 Å². The lowest BCUT2D eigenvalue weighted by molar-refractivity contribution is 0.0993. The quantitative estimate of drug-likeness (QED) is 0.530. The second-order valence-electron chi connectivity index (χ2n) is 7.55. The maximum Gasteiger partial charge on any atom is 0.167 e. The summed E-state index contributed by atoms with van der Waals surface area (Å²) in [5.74, 6) is 0.632. The molecule has 0 amide bonds. The van der Waals surface area contributed by atoms with Gasteiger partial charge in [0.05, 0.1) is 5.39 Å². The third-order valence-electron chi connectivity index (χ3n) is 5.70. The number of Topliss-reactive ketones (excluding diaryl/α,β-unsaturated/α-hetero) is 1. The number of fused-ring (bicyclic) bond motifs is 3. The first-order chi connectivity index (χ1) is 14.2. The van der Waals surface area contributed by atoms with Crippen LogP contribution >= 0.6 is 0 Å². The van der Waals surface area contributed by atoms with Crippen molar-refractivity contribution >= 4 is 22.6 Å². The van der Waals surface area contributed by atoms with Crippen LogP contribution in [0.4, 0.5) is 5.82 Å². The van der Waals surface area contributed by atoms with E-state index in [4.69, 9.17) is 5.73 Å². The number of benzene rings is 2. The number of aromatic nitrogens is 3. The molecule has 5 heteroatoms. The maximum absolute atomic E-state index is 12.7. The summed E-state index contributed by atoms with van der Waals surface area (Å²) in [6.45, 7) is 0.953. The first-order valence-electron chi connectivity index (χ1n) is 10.0. The molecule has 0 saturated carbocycles. The lowest BCUT2D eigenvalue weighted by Gasteiger charge is -2.17. The molecular formula is C24H22N4O. The van der Waals surface area contributed by atoms with Gasteiger partial charge in [-0.3, -0.25) is 4.79 Å². The Balaban J connectivity index is 1.60. The molecule has 2 N–H and O–H groups in total. The molecule has 0 atom stereocenters. The fourth-order valence-electron chi connectivity index (χ4n) is 4.36. The van der Waals surface area contributed by atoms with Crippen LogP contribution in [0.15, 0.2) is 60.9 Å². The van der Waals surface area contributed by atoms with E-state index in [-0.39, 0.29) is 5.78 Å². The van der Waals surface area contributed by atoms with Crippen LogP contribution in [0.2, 0.25) is 0 Å². The Morgan fingerprint density at radius 2 is 1.90 bits per heavy atom. The van der Waals surface area contributed by atoms with Crippen molar-refractivity contribution in [2.45, 2.75) is 32.2 Å². The van der Waals surface area contributed by atoms with E-state index in [1.54, 1.807) is 0 Å². The van der Waals surface area contributed by atoms with Gasteiger partial charge in [-0.05, 0) is 30.4 Å². The van der Waals surface area contributed by atoms with E-state index >= 15 is 0 Å². The van der Waals surface area contributed by atoms with Crippen LogP contribution in [0.3, 0.4) is 0 Å². The minimum absolute atomic E-state index is 0.120. The molecule has 0 fully saturated rings. The highest BCUT2D eigenvalue weighted by Gasteiger charge is 2.24. The molecular weight excluding hydrogens is 360 g/mol. The van der Waals surface area contributed by atoms with Gasteiger partial charge in [0.15, 0.2) is 5.78 Å². The molecule has 29 heavy (non-hydrogen) atoms. The molecule has 144 valence electrons. The van der Waals surface area contributed by atoms with Crippen molar-refractivity contribution in [3.8, 4) is 11.1 Å². The average molecular weight is 382 g/mol. The van der Waals surface area contributed by atoms with Crippen molar-refractivity contribution in [3.63, 3.8) is 0 Å². The lowest BCUT2D eigenvalue weighted by Crippen LogP contribution is -2.10. The summed E-state index contributed by atoms with van der Waals surface area (Å²) >= 11 is 0. The van der Waals surface area contributed by atoms with Gasteiger partial charge in [-0.15, -0.1) is 0 Å². The summed E-state index contributed by atoms with van der Waals surface area (Å²) in [6.07, 6.45) is 5.21. The Kier molecular flexibility index (Phi) is 4.35. The van der Waals surface area contributed by atoms with Gasteiger partial charge in [-0.2, -0.15) is 0 Å². The third-order valence-corrected chi connectivity index (χ3v) is 5.70. The molecule has 1 aliphatic rings. The zero-order valence-corrected chi connectivity index (χ0v) is 16.1. The largest absolute Gasteiger partial charge is 0.383 e. The number of hydrogen-bond donors (Lipinski definition) is 1. The summed E-state index contributed by atoms with van der Waals surface area (Å²) in [4.78, 5) is 21.4. The van der Waals surface area contributed by atoms with Crippen LogP contribution in [0.1, 0.15) is 34.5 Å². The summed E-state index contributed by atoms with van der Waals surface area (Å²) in [5.41, 5.74) is 12.4. The SMILES string of the molecule is Nc1ncnc2c1c(-c1cccc(CC(=O)c3ccccc3)c1)c1n2CCCC1. The number of carbonyl (C=O) groups excluding carboxylic acids is 1. The highest BCUT2D eigenvalue weighted by molar-refractivity contribution is 6.03. The van der Waals surface area contributed by atoms with Gasteiger partial charge in [0, 0.05) is 29.8 Å². The molecule has 0 unspecified atom stereocenters. The van der Waals surface area contributed by atoms with Gasteiger partial charge in [0.1, 0.15) is 17.8 Å². The van der Waals surface area contributed by atoms with E-state index in [0.29, 0.717) is 12.2 Å². The minimum Gasteiger partial charge on any atom is -0.383 e. The number of nitrogens with two attached hydrogens (primary N) is 1. The smallest absolute Gasteiger partial charge is 0.167 e. The highest BCUT2D eigenvalue weighted by atomic mass is 16.1. The van der Waals surface area contributed by atoms with Crippen LogP contribution in [0.25, 0.3) is 22.2 Å². The van der Waals surface area contributed by atoms with E-state index in [9.17, 15) is 4.79 Å². The number of ketones is 1. The van der Waals surface area contributed by atoms with Gasteiger partial charge in [0.2, 0.25) is 0 Å². The molecule has 5 nitrogen and oxygen atoms in total. The monoisotopic (exact) mass is 382 g/mol. The summed E-state index contributed by atoms with van der Waals surface area (Å²) in [5, 5.41) is 0.927. The molecule has 3 heterocycles. The van der Waals surface area contributed by atoms with E-state index in [1.807, 2.05) is 42.5 Å². The maximum atomic E-state index is 12.7. The molecule has 1 aliphatic heterocycles. The van der Waals surface area contributed by atoms with E-state index in [1.165, 1.54) is 12.0 Å². The molecule has 2 aromatic carbocycles. The molecule has 0 radical (unpaired) electrons. The molecule has 5 rings (SSSR count). The number of hydrogen-bond acceptors (Lipinski definition) is 4. The first-order valence-corrected chi connectivity index (χ1v) is 10.0. The van der Waals surface area contributed by atoms with Crippen LogP contribution < -0.4 is 5.73 Å². The fourth-order valence-corrected chi connectivity index (χ4v) is 4.36. The van der Waals surface area contributed by atoms with Gasteiger partial charge >= 0.3 is 0 Å². The fraction of sp³-hybridized carbons (Fsp3) is 0.208. The summed E-state index contributed by atoms with van der Waals surface area (Å²) < 4.78 is 2.29. The summed E-state index contributed by atoms with van der Waals surface area (Å²) in [6, 6.07) is 17.7. The Morgan fingerprint density at radius 1 is 1.03 bits per heavy atom. The number of aryl methyl sites for hydroxylation is 1. The Morgan fingerprint density at radius 3 is 2.76 bits per heavy atom. The van der Waals surface area contributed by atoms with Gasteiger partial charge in [-0.25, -0.2) is 9.97 Å². The Hall–Kier alpha value is -3.47. The van der Waals surface area contributed by atoms with Crippen molar-refractivity contribution in [2.24, 2.45) is 0 Å².